The van der Waals surface area contributed by atoms with Crippen LogP contribution in [-0.4, -0.2) is 54.6 Å². The second-order valence-electron chi connectivity index (χ2n) is 7.63. The number of halogens is 1. The van der Waals surface area contributed by atoms with Gasteiger partial charge in [0.05, 0.1) is 6.26 Å². The summed E-state index contributed by atoms with van der Waals surface area (Å²) in [5, 5.41) is 12.8. The molecule has 4 rings (SSSR count). The van der Waals surface area contributed by atoms with Crippen LogP contribution in [0.3, 0.4) is 0 Å². The van der Waals surface area contributed by atoms with Crippen LogP contribution in [0.15, 0.2) is 46.0 Å². The Morgan fingerprint density at radius 1 is 1.17 bits per heavy atom. The molecule has 0 aromatic carbocycles. The fourth-order valence-electron chi connectivity index (χ4n) is 4.03. The van der Waals surface area contributed by atoms with Crippen LogP contribution in [-0.2, 0) is 6.42 Å². The Morgan fingerprint density at radius 3 is 2.67 bits per heavy atom. The standard InChI is InChI=1S/C22H28N6O.HI/c23-17-19-7-3-9-21(25-19)27-12-14-28(15-13-27)22(26-18-5-1-2-6-18)24-11-10-20-8-4-16-29-20;/h3-4,7-9,16,18H,1-2,5-6,10-15H2,(H,24,26);1H. The van der Waals surface area contributed by atoms with Gasteiger partial charge < -0.3 is 19.5 Å². The number of nitrogens with zero attached hydrogens (tertiary/aromatic N) is 5. The summed E-state index contributed by atoms with van der Waals surface area (Å²) >= 11 is 0. The lowest BCUT2D eigenvalue weighted by atomic mass is 10.2. The van der Waals surface area contributed by atoms with Crippen LogP contribution in [0.4, 0.5) is 5.82 Å². The maximum Gasteiger partial charge on any atom is 0.194 e. The molecular weight excluding hydrogens is 491 g/mol. The Labute approximate surface area is 195 Å². The summed E-state index contributed by atoms with van der Waals surface area (Å²) in [5.41, 5.74) is 0.466. The van der Waals surface area contributed by atoms with Crippen molar-refractivity contribution < 1.29 is 4.42 Å². The van der Waals surface area contributed by atoms with Crippen molar-refractivity contribution in [3.05, 3.63) is 48.0 Å². The van der Waals surface area contributed by atoms with E-state index in [9.17, 15) is 0 Å². The van der Waals surface area contributed by atoms with Crippen molar-refractivity contribution in [2.24, 2.45) is 4.99 Å². The van der Waals surface area contributed by atoms with Crippen molar-refractivity contribution in [2.75, 3.05) is 37.6 Å². The molecule has 0 unspecified atom stereocenters. The first-order chi connectivity index (χ1) is 14.3. The van der Waals surface area contributed by atoms with Crippen molar-refractivity contribution in [3.8, 4) is 6.07 Å². The lowest BCUT2D eigenvalue weighted by Gasteiger charge is -2.38. The summed E-state index contributed by atoms with van der Waals surface area (Å²) in [7, 11) is 0. The average Bonchev–Trinajstić information content (AvgIpc) is 3.48. The number of furan rings is 1. The highest BCUT2D eigenvalue weighted by molar-refractivity contribution is 14.0. The number of anilines is 1. The van der Waals surface area contributed by atoms with Crippen LogP contribution in [0, 0.1) is 11.3 Å². The number of piperazine rings is 1. The third-order valence-corrected chi connectivity index (χ3v) is 5.64. The van der Waals surface area contributed by atoms with Crippen LogP contribution >= 0.6 is 24.0 Å². The molecular formula is C22H29IN6O. The zero-order valence-electron chi connectivity index (χ0n) is 17.2. The predicted molar refractivity (Wildman–Crippen MR) is 128 cm³/mol. The maximum atomic E-state index is 9.09. The number of hydrogen-bond donors (Lipinski definition) is 1. The van der Waals surface area contributed by atoms with Crippen LogP contribution in [0.5, 0.6) is 0 Å². The molecule has 160 valence electrons. The number of rotatable bonds is 5. The van der Waals surface area contributed by atoms with Gasteiger partial charge in [-0.25, -0.2) is 4.98 Å². The summed E-state index contributed by atoms with van der Waals surface area (Å²) in [6, 6.07) is 12.2. The minimum Gasteiger partial charge on any atom is -0.469 e. The first kappa shape index (κ1) is 22.4. The average molecular weight is 520 g/mol. The van der Waals surface area contributed by atoms with Crippen LogP contribution in [0.25, 0.3) is 0 Å². The third kappa shape index (κ3) is 5.88. The second-order valence-corrected chi connectivity index (χ2v) is 7.63. The van der Waals surface area contributed by atoms with E-state index < -0.39 is 0 Å². The van der Waals surface area contributed by atoms with Gasteiger partial charge in [0.1, 0.15) is 23.3 Å². The molecule has 1 aliphatic heterocycles. The van der Waals surface area contributed by atoms with E-state index in [1.54, 1.807) is 12.3 Å². The molecule has 2 aliphatic rings. The zero-order chi connectivity index (χ0) is 19.9. The van der Waals surface area contributed by atoms with E-state index in [1.807, 2.05) is 24.3 Å². The molecule has 7 nitrogen and oxygen atoms in total. The van der Waals surface area contributed by atoms with Gasteiger partial charge in [-0.05, 0) is 37.1 Å². The Hall–Kier alpha value is -2.28. The van der Waals surface area contributed by atoms with Gasteiger partial charge in [0.15, 0.2) is 5.96 Å². The predicted octanol–water partition coefficient (Wildman–Crippen LogP) is 3.42. The molecule has 1 aliphatic carbocycles. The summed E-state index contributed by atoms with van der Waals surface area (Å²) in [5.74, 6) is 2.87. The van der Waals surface area contributed by atoms with E-state index >= 15 is 0 Å². The molecule has 0 bridgehead atoms. The van der Waals surface area contributed by atoms with Crippen LogP contribution < -0.4 is 10.2 Å². The van der Waals surface area contributed by atoms with Crippen molar-refractivity contribution in [1.82, 2.24) is 15.2 Å². The van der Waals surface area contributed by atoms with Gasteiger partial charge in [-0.2, -0.15) is 5.26 Å². The molecule has 2 fully saturated rings. The fourth-order valence-corrected chi connectivity index (χ4v) is 4.03. The molecule has 30 heavy (non-hydrogen) atoms. The minimum atomic E-state index is 0. The smallest absolute Gasteiger partial charge is 0.194 e. The Kier molecular flexibility index (Phi) is 8.37. The summed E-state index contributed by atoms with van der Waals surface area (Å²) < 4.78 is 5.44. The van der Waals surface area contributed by atoms with Crippen molar-refractivity contribution in [3.63, 3.8) is 0 Å². The number of aromatic nitrogens is 1. The molecule has 0 atom stereocenters. The lowest BCUT2D eigenvalue weighted by molar-refractivity contribution is 0.364. The number of nitrogens with one attached hydrogen (secondary N) is 1. The molecule has 3 heterocycles. The van der Waals surface area contributed by atoms with E-state index in [0.717, 1.165) is 50.1 Å². The number of pyridine rings is 1. The van der Waals surface area contributed by atoms with Gasteiger partial charge in [-0.3, -0.25) is 4.99 Å². The van der Waals surface area contributed by atoms with Gasteiger partial charge in [0.2, 0.25) is 0 Å². The summed E-state index contributed by atoms with van der Waals surface area (Å²) in [4.78, 5) is 13.9. The molecule has 2 aromatic heterocycles. The number of nitriles is 1. The van der Waals surface area contributed by atoms with Crippen molar-refractivity contribution >= 4 is 35.8 Å². The van der Waals surface area contributed by atoms with Gasteiger partial charge in [-0.1, -0.05) is 18.9 Å². The van der Waals surface area contributed by atoms with Crippen molar-refractivity contribution in [1.29, 1.82) is 5.26 Å². The van der Waals surface area contributed by atoms with E-state index in [0.29, 0.717) is 18.3 Å². The molecule has 2 aromatic rings. The van der Waals surface area contributed by atoms with Gasteiger partial charge in [-0.15, -0.1) is 24.0 Å². The Balaban J connectivity index is 0.00000256. The molecule has 1 N–H and O–H groups in total. The highest BCUT2D eigenvalue weighted by Gasteiger charge is 2.24. The quantitative estimate of drug-likeness (QED) is 0.370. The third-order valence-electron chi connectivity index (χ3n) is 5.64. The van der Waals surface area contributed by atoms with Gasteiger partial charge >= 0.3 is 0 Å². The number of aliphatic imine (C=N–C) groups is 1. The topological polar surface area (TPSA) is 80.7 Å². The minimum absolute atomic E-state index is 0. The molecule has 0 amide bonds. The van der Waals surface area contributed by atoms with Crippen molar-refractivity contribution in [2.45, 2.75) is 38.1 Å². The van der Waals surface area contributed by atoms with E-state index in [2.05, 4.69) is 26.2 Å². The van der Waals surface area contributed by atoms with E-state index in [1.165, 1.54) is 25.7 Å². The largest absolute Gasteiger partial charge is 0.469 e. The molecule has 1 saturated heterocycles. The summed E-state index contributed by atoms with van der Waals surface area (Å²) in [6.45, 7) is 4.22. The van der Waals surface area contributed by atoms with Crippen LogP contribution in [0.1, 0.15) is 37.1 Å². The Bertz CT molecular complexity index is 849. The molecule has 1 saturated carbocycles. The SMILES string of the molecule is I.N#Cc1cccc(N2CCN(C(=NCCc3ccco3)NC3CCCC3)CC2)n1. The highest BCUT2D eigenvalue weighted by atomic mass is 127. The molecule has 8 heteroatoms. The highest BCUT2D eigenvalue weighted by Crippen LogP contribution is 2.19. The zero-order valence-corrected chi connectivity index (χ0v) is 19.5. The summed E-state index contributed by atoms with van der Waals surface area (Å²) in [6.07, 6.45) is 7.57. The first-order valence-corrected chi connectivity index (χ1v) is 10.5. The lowest BCUT2D eigenvalue weighted by Crippen LogP contribution is -2.54. The van der Waals surface area contributed by atoms with E-state index in [-0.39, 0.29) is 24.0 Å². The number of hydrogen-bond acceptors (Lipinski definition) is 5. The normalized spacial score (nSPS) is 17.5. The Morgan fingerprint density at radius 2 is 1.97 bits per heavy atom. The maximum absolute atomic E-state index is 9.09. The second kappa shape index (κ2) is 11.2. The van der Waals surface area contributed by atoms with Crippen LogP contribution in [0.2, 0.25) is 0 Å². The van der Waals surface area contributed by atoms with E-state index in [4.69, 9.17) is 14.7 Å². The fraction of sp³-hybridized carbons (Fsp3) is 0.500. The first-order valence-electron chi connectivity index (χ1n) is 10.5. The number of guanidine groups is 1. The van der Waals surface area contributed by atoms with Gasteiger partial charge in [0.25, 0.3) is 0 Å². The monoisotopic (exact) mass is 520 g/mol. The molecule has 0 radical (unpaired) electrons. The molecule has 0 spiro atoms. The van der Waals surface area contributed by atoms with Gasteiger partial charge in [0, 0.05) is 45.2 Å².